The SMILES string of the molecule is N#Cc1cc(Cl)ccc1Sc1ccc(Br)cn1. The van der Waals surface area contributed by atoms with E-state index in [1.807, 2.05) is 18.2 Å². The lowest BCUT2D eigenvalue weighted by Crippen LogP contribution is -1.83. The second-order valence-corrected chi connectivity index (χ2v) is 5.58. The molecule has 1 heterocycles. The van der Waals surface area contributed by atoms with Gasteiger partial charge in [-0.05, 0) is 46.3 Å². The molecule has 0 saturated heterocycles. The van der Waals surface area contributed by atoms with Crippen LogP contribution in [0.4, 0.5) is 0 Å². The van der Waals surface area contributed by atoms with E-state index in [-0.39, 0.29) is 0 Å². The highest BCUT2D eigenvalue weighted by atomic mass is 79.9. The summed E-state index contributed by atoms with van der Waals surface area (Å²) in [6.45, 7) is 0. The Bertz CT molecular complexity index is 578. The van der Waals surface area contributed by atoms with Crippen molar-refractivity contribution in [2.24, 2.45) is 0 Å². The maximum atomic E-state index is 9.02. The van der Waals surface area contributed by atoms with Gasteiger partial charge in [-0.25, -0.2) is 4.98 Å². The summed E-state index contributed by atoms with van der Waals surface area (Å²) >= 11 is 10.6. The number of rotatable bonds is 2. The average molecular weight is 326 g/mol. The summed E-state index contributed by atoms with van der Waals surface area (Å²) in [5.74, 6) is 0. The van der Waals surface area contributed by atoms with Gasteiger partial charge in [-0.2, -0.15) is 5.26 Å². The third-order valence-electron chi connectivity index (χ3n) is 1.98. The molecule has 0 aliphatic rings. The molecule has 0 saturated carbocycles. The smallest absolute Gasteiger partial charge is 0.101 e. The van der Waals surface area contributed by atoms with Crippen LogP contribution in [0.3, 0.4) is 0 Å². The van der Waals surface area contributed by atoms with Crippen molar-refractivity contribution in [2.45, 2.75) is 9.92 Å². The zero-order chi connectivity index (χ0) is 12.3. The van der Waals surface area contributed by atoms with Gasteiger partial charge in [0, 0.05) is 20.6 Å². The maximum absolute atomic E-state index is 9.02. The third kappa shape index (κ3) is 3.22. The zero-order valence-corrected chi connectivity index (χ0v) is 11.7. The van der Waals surface area contributed by atoms with Crippen molar-refractivity contribution in [3.05, 3.63) is 51.6 Å². The highest BCUT2D eigenvalue weighted by Crippen LogP contribution is 2.30. The van der Waals surface area contributed by atoms with Crippen LogP contribution in [0.2, 0.25) is 5.02 Å². The van der Waals surface area contributed by atoms with Gasteiger partial charge in [-0.1, -0.05) is 23.4 Å². The molecule has 2 nitrogen and oxygen atoms in total. The number of aromatic nitrogens is 1. The van der Waals surface area contributed by atoms with E-state index in [0.717, 1.165) is 14.4 Å². The van der Waals surface area contributed by atoms with Gasteiger partial charge < -0.3 is 0 Å². The zero-order valence-electron chi connectivity index (χ0n) is 8.52. The van der Waals surface area contributed by atoms with Gasteiger partial charge in [-0.3, -0.25) is 0 Å². The van der Waals surface area contributed by atoms with Crippen LogP contribution in [0.1, 0.15) is 5.56 Å². The third-order valence-corrected chi connectivity index (χ3v) is 3.71. The summed E-state index contributed by atoms with van der Waals surface area (Å²) in [5, 5.41) is 10.4. The molecule has 2 rings (SSSR count). The average Bonchev–Trinajstić information content (AvgIpc) is 2.34. The number of halogens is 2. The second-order valence-electron chi connectivity index (χ2n) is 3.17. The van der Waals surface area contributed by atoms with Crippen molar-refractivity contribution < 1.29 is 0 Å². The van der Waals surface area contributed by atoms with E-state index in [2.05, 4.69) is 27.0 Å². The fraction of sp³-hybridized carbons (Fsp3) is 0. The molecule has 1 aromatic heterocycles. The fourth-order valence-corrected chi connectivity index (χ4v) is 2.44. The molecule has 17 heavy (non-hydrogen) atoms. The van der Waals surface area contributed by atoms with E-state index in [1.54, 1.807) is 18.3 Å². The Morgan fingerprint density at radius 2 is 2.12 bits per heavy atom. The molecular formula is C12H6BrClN2S. The van der Waals surface area contributed by atoms with Gasteiger partial charge in [0.1, 0.15) is 11.1 Å². The molecule has 84 valence electrons. The number of nitrogens with zero attached hydrogens (tertiary/aromatic N) is 2. The largest absolute Gasteiger partial charge is 0.248 e. The van der Waals surface area contributed by atoms with Crippen molar-refractivity contribution in [3.63, 3.8) is 0 Å². The lowest BCUT2D eigenvalue weighted by molar-refractivity contribution is 1.12. The lowest BCUT2D eigenvalue weighted by Gasteiger charge is -2.03. The van der Waals surface area contributed by atoms with Gasteiger partial charge in [0.05, 0.1) is 5.56 Å². The second kappa shape index (κ2) is 5.54. The van der Waals surface area contributed by atoms with Crippen molar-refractivity contribution in [1.29, 1.82) is 5.26 Å². The Balaban J connectivity index is 2.30. The standard InChI is InChI=1S/C12H6BrClN2S/c13-9-1-4-12(16-7-9)17-11-3-2-10(14)5-8(11)6-15/h1-5,7H. The van der Waals surface area contributed by atoms with Crippen molar-refractivity contribution >= 4 is 39.3 Å². The van der Waals surface area contributed by atoms with Crippen LogP contribution in [-0.4, -0.2) is 4.98 Å². The molecule has 0 N–H and O–H groups in total. The highest BCUT2D eigenvalue weighted by molar-refractivity contribution is 9.10. The topological polar surface area (TPSA) is 36.7 Å². The summed E-state index contributed by atoms with van der Waals surface area (Å²) in [6, 6.07) is 11.2. The van der Waals surface area contributed by atoms with Crippen LogP contribution in [-0.2, 0) is 0 Å². The van der Waals surface area contributed by atoms with E-state index in [4.69, 9.17) is 16.9 Å². The first-order chi connectivity index (χ1) is 8.19. The molecule has 0 aliphatic carbocycles. The molecule has 0 bridgehead atoms. The van der Waals surface area contributed by atoms with Crippen LogP contribution in [0.15, 0.2) is 50.9 Å². The Hall–Kier alpha value is -1.02. The van der Waals surface area contributed by atoms with Crippen LogP contribution in [0, 0.1) is 11.3 Å². The quantitative estimate of drug-likeness (QED) is 0.814. The van der Waals surface area contributed by atoms with Crippen LogP contribution in [0.25, 0.3) is 0 Å². The first-order valence-corrected chi connectivity index (χ1v) is 6.67. The van der Waals surface area contributed by atoms with E-state index < -0.39 is 0 Å². The number of pyridine rings is 1. The minimum atomic E-state index is 0.562. The molecule has 0 atom stereocenters. The summed E-state index contributed by atoms with van der Waals surface area (Å²) < 4.78 is 0.929. The Labute approximate surface area is 117 Å². The molecule has 0 spiro atoms. The van der Waals surface area contributed by atoms with Crippen LogP contribution >= 0.6 is 39.3 Å². The molecule has 0 amide bonds. The molecule has 2 aromatic rings. The summed E-state index contributed by atoms with van der Waals surface area (Å²) in [4.78, 5) is 5.10. The van der Waals surface area contributed by atoms with Gasteiger partial charge in [-0.15, -0.1) is 0 Å². The number of benzene rings is 1. The van der Waals surface area contributed by atoms with Gasteiger partial charge >= 0.3 is 0 Å². The number of nitriles is 1. The summed E-state index contributed by atoms with van der Waals surface area (Å²) in [5.41, 5.74) is 0.562. The van der Waals surface area contributed by atoms with Crippen molar-refractivity contribution in [2.75, 3.05) is 0 Å². The van der Waals surface area contributed by atoms with Gasteiger partial charge in [0.25, 0.3) is 0 Å². The molecular weight excluding hydrogens is 320 g/mol. The van der Waals surface area contributed by atoms with E-state index >= 15 is 0 Å². The number of hydrogen-bond donors (Lipinski definition) is 0. The normalized spacial score (nSPS) is 9.94. The Morgan fingerprint density at radius 3 is 2.76 bits per heavy atom. The van der Waals surface area contributed by atoms with Crippen molar-refractivity contribution in [3.8, 4) is 6.07 Å². The van der Waals surface area contributed by atoms with Crippen LogP contribution in [0.5, 0.6) is 0 Å². The van der Waals surface area contributed by atoms with E-state index in [0.29, 0.717) is 10.6 Å². The van der Waals surface area contributed by atoms with E-state index in [1.165, 1.54) is 11.8 Å². The predicted molar refractivity (Wildman–Crippen MR) is 72.2 cm³/mol. The molecule has 0 unspecified atom stereocenters. The monoisotopic (exact) mass is 324 g/mol. The van der Waals surface area contributed by atoms with Crippen molar-refractivity contribution in [1.82, 2.24) is 4.98 Å². The predicted octanol–water partition coefficient (Wildman–Crippen LogP) is 4.52. The maximum Gasteiger partial charge on any atom is 0.101 e. The van der Waals surface area contributed by atoms with E-state index in [9.17, 15) is 0 Å². The molecule has 0 aliphatic heterocycles. The minimum Gasteiger partial charge on any atom is -0.248 e. The minimum absolute atomic E-state index is 0.562. The molecule has 0 fully saturated rings. The Kier molecular flexibility index (Phi) is 4.06. The highest BCUT2D eigenvalue weighted by Gasteiger charge is 2.05. The van der Waals surface area contributed by atoms with Gasteiger partial charge in [0.2, 0.25) is 0 Å². The first kappa shape index (κ1) is 12.4. The lowest BCUT2D eigenvalue weighted by atomic mass is 10.2. The summed E-state index contributed by atoms with van der Waals surface area (Å²) in [6.07, 6.45) is 1.73. The first-order valence-electron chi connectivity index (χ1n) is 4.68. The Morgan fingerprint density at radius 1 is 1.29 bits per heavy atom. The summed E-state index contributed by atoms with van der Waals surface area (Å²) in [7, 11) is 0. The number of hydrogen-bond acceptors (Lipinski definition) is 3. The fourth-order valence-electron chi connectivity index (χ4n) is 1.21. The molecule has 5 heteroatoms. The van der Waals surface area contributed by atoms with Crippen LogP contribution < -0.4 is 0 Å². The molecule has 1 aromatic carbocycles. The molecule has 0 radical (unpaired) electrons. The van der Waals surface area contributed by atoms with Gasteiger partial charge in [0.15, 0.2) is 0 Å².